The monoisotopic (exact) mass is 452 g/mol. The maximum absolute atomic E-state index is 13.3. The standard InChI is InChI=1S/C25H32N4O4/c1-32-18-25-9-4-5-13-28(24(31)21-8-12-26-19-27-21)16-17-33-22-7-3-2-6-20(22)23(30)29(14-10-25)15-11-25/h2-3,6-8,12,19H,4-5,9-11,13-18H2,1H3. The highest BCUT2D eigenvalue weighted by atomic mass is 16.5. The van der Waals surface area contributed by atoms with Gasteiger partial charge in [0.2, 0.25) is 0 Å². The van der Waals surface area contributed by atoms with Crippen LogP contribution in [0.5, 0.6) is 5.75 Å². The van der Waals surface area contributed by atoms with Gasteiger partial charge in [0.1, 0.15) is 24.4 Å². The number of carbonyl (C=O) groups excluding carboxylic acids is 2. The maximum Gasteiger partial charge on any atom is 0.272 e. The molecule has 0 unspecified atom stereocenters. The third kappa shape index (κ3) is 5.50. The van der Waals surface area contributed by atoms with Crippen LogP contribution < -0.4 is 4.74 Å². The highest BCUT2D eigenvalue weighted by molar-refractivity contribution is 5.97. The summed E-state index contributed by atoms with van der Waals surface area (Å²) in [6.07, 6.45) is 7.70. The molecule has 3 aliphatic rings. The molecule has 0 saturated carbocycles. The SMILES string of the molecule is COCC12CCCCN(C(=O)c3ccncn3)CCOc3ccccc3C(=O)N(CC1)CC2. The first-order valence-electron chi connectivity index (χ1n) is 11.7. The lowest BCUT2D eigenvalue weighted by molar-refractivity contribution is 0.0136. The molecule has 1 aromatic heterocycles. The molecule has 8 heteroatoms. The zero-order valence-electron chi connectivity index (χ0n) is 19.2. The molecular formula is C25H32N4O4. The fourth-order valence-corrected chi connectivity index (χ4v) is 4.86. The number of rotatable bonds is 3. The number of fused-ring (bicyclic) bond motifs is 9. The van der Waals surface area contributed by atoms with Crippen LogP contribution in [0.15, 0.2) is 42.9 Å². The molecule has 33 heavy (non-hydrogen) atoms. The minimum Gasteiger partial charge on any atom is -0.491 e. The van der Waals surface area contributed by atoms with Crippen LogP contribution in [0.1, 0.15) is 53.0 Å². The number of nitrogens with zero attached hydrogens (tertiary/aromatic N) is 4. The van der Waals surface area contributed by atoms with Gasteiger partial charge in [-0.05, 0) is 49.3 Å². The van der Waals surface area contributed by atoms with Crippen molar-refractivity contribution in [2.24, 2.45) is 5.41 Å². The van der Waals surface area contributed by atoms with E-state index in [9.17, 15) is 9.59 Å². The first-order chi connectivity index (χ1) is 16.1. The summed E-state index contributed by atoms with van der Waals surface area (Å²) in [6, 6.07) is 8.99. The lowest BCUT2D eigenvalue weighted by atomic mass is 9.75. The summed E-state index contributed by atoms with van der Waals surface area (Å²) in [6.45, 7) is 3.47. The molecule has 1 fully saturated rings. The van der Waals surface area contributed by atoms with Crippen LogP contribution in [0.3, 0.4) is 0 Å². The molecule has 0 N–H and O–H groups in total. The largest absolute Gasteiger partial charge is 0.491 e. The van der Waals surface area contributed by atoms with Gasteiger partial charge in [0, 0.05) is 32.9 Å². The van der Waals surface area contributed by atoms with Crippen molar-refractivity contribution in [1.29, 1.82) is 0 Å². The Balaban J connectivity index is 1.57. The predicted octanol–water partition coefficient (Wildman–Crippen LogP) is 3.05. The summed E-state index contributed by atoms with van der Waals surface area (Å²) in [5, 5.41) is 0. The highest BCUT2D eigenvalue weighted by Crippen LogP contribution is 2.38. The Kier molecular flexibility index (Phi) is 7.54. The summed E-state index contributed by atoms with van der Waals surface area (Å²) >= 11 is 0. The van der Waals surface area contributed by atoms with Crippen molar-refractivity contribution in [2.75, 3.05) is 46.5 Å². The van der Waals surface area contributed by atoms with Gasteiger partial charge in [-0.1, -0.05) is 18.6 Å². The van der Waals surface area contributed by atoms with Gasteiger partial charge in [0.15, 0.2) is 0 Å². The average Bonchev–Trinajstić information content (AvgIpc) is 2.86. The third-order valence-electron chi connectivity index (χ3n) is 6.77. The molecule has 5 rings (SSSR count). The van der Waals surface area contributed by atoms with Crippen LogP contribution in [0, 0.1) is 5.41 Å². The second-order valence-corrected chi connectivity index (χ2v) is 8.91. The van der Waals surface area contributed by atoms with Gasteiger partial charge in [-0.15, -0.1) is 0 Å². The molecule has 2 aromatic rings. The number of hydrogen-bond donors (Lipinski definition) is 0. The van der Waals surface area contributed by atoms with Gasteiger partial charge in [-0.3, -0.25) is 9.59 Å². The molecule has 4 heterocycles. The van der Waals surface area contributed by atoms with Crippen molar-refractivity contribution in [3.05, 3.63) is 54.1 Å². The number of amides is 2. The molecule has 0 aliphatic carbocycles. The number of hydrogen-bond acceptors (Lipinski definition) is 6. The first-order valence-corrected chi connectivity index (χ1v) is 11.7. The molecule has 1 aromatic carbocycles. The van der Waals surface area contributed by atoms with E-state index in [2.05, 4.69) is 9.97 Å². The summed E-state index contributed by atoms with van der Waals surface area (Å²) in [7, 11) is 1.75. The summed E-state index contributed by atoms with van der Waals surface area (Å²) < 4.78 is 11.6. The van der Waals surface area contributed by atoms with E-state index in [-0.39, 0.29) is 17.2 Å². The Morgan fingerprint density at radius 2 is 1.91 bits per heavy atom. The molecule has 0 spiro atoms. The fourth-order valence-electron chi connectivity index (χ4n) is 4.86. The Morgan fingerprint density at radius 1 is 1.09 bits per heavy atom. The van der Waals surface area contributed by atoms with Gasteiger partial charge in [-0.25, -0.2) is 9.97 Å². The van der Waals surface area contributed by atoms with Gasteiger partial charge in [0.25, 0.3) is 11.8 Å². The molecule has 1 saturated heterocycles. The summed E-state index contributed by atoms with van der Waals surface area (Å²) in [5.74, 6) is 0.425. The highest BCUT2D eigenvalue weighted by Gasteiger charge is 2.36. The number of piperidine rings is 1. The van der Waals surface area contributed by atoms with E-state index in [0.717, 1.165) is 45.2 Å². The Labute approximate surface area is 194 Å². The number of para-hydroxylation sites is 1. The molecule has 8 nitrogen and oxygen atoms in total. The van der Waals surface area contributed by atoms with Crippen molar-refractivity contribution in [3.63, 3.8) is 0 Å². The molecule has 176 valence electrons. The van der Waals surface area contributed by atoms with E-state index in [4.69, 9.17) is 9.47 Å². The topological polar surface area (TPSA) is 84.9 Å². The summed E-state index contributed by atoms with van der Waals surface area (Å²) in [4.78, 5) is 38.1. The van der Waals surface area contributed by atoms with E-state index >= 15 is 0 Å². The molecule has 0 radical (unpaired) electrons. The van der Waals surface area contributed by atoms with Crippen molar-refractivity contribution in [3.8, 4) is 5.75 Å². The van der Waals surface area contributed by atoms with Crippen molar-refractivity contribution in [2.45, 2.75) is 32.1 Å². The number of methoxy groups -OCH3 is 1. The normalized spacial score (nSPS) is 19.2. The second kappa shape index (κ2) is 10.7. The minimum absolute atomic E-state index is 0.000377. The Bertz CT molecular complexity index is 944. The quantitative estimate of drug-likeness (QED) is 0.712. The van der Waals surface area contributed by atoms with Crippen LogP contribution >= 0.6 is 0 Å². The molecule has 3 aliphatic heterocycles. The molecular weight excluding hydrogens is 420 g/mol. The average molecular weight is 453 g/mol. The van der Waals surface area contributed by atoms with Gasteiger partial charge >= 0.3 is 0 Å². The van der Waals surface area contributed by atoms with Gasteiger partial charge in [-0.2, -0.15) is 0 Å². The van der Waals surface area contributed by atoms with Crippen molar-refractivity contribution >= 4 is 11.8 Å². The first kappa shape index (κ1) is 23.2. The number of aromatic nitrogens is 2. The predicted molar refractivity (Wildman–Crippen MR) is 123 cm³/mol. The molecule has 2 bridgehead atoms. The van der Waals surface area contributed by atoms with E-state index in [0.29, 0.717) is 43.3 Å². The Hall–Kier alpha value is -3.00. The van der Waals surface area contributed by atoms with E-state index in [1.165, 1.54) is 6.33 Å². The van der Waals surface area contributed by atoms with Crippen molar-refractivity contribution < 1.29 is 19.1 Å². The zero-order chi connectivity index (χ0) is 23.1. The van der Waals surface area contributed by atoms with E-state index < -0.39 is 0 Å². The van der Waals surface area contributed by atoms with E-state index in [1.54, 1.807) is 24.3 Å². The van der Waals surface area contributed by atoms with Crippen LogP contribution in [-0.4, -0.2) is 78.1 Å². The van der Waals surface area contributed by atoms with Crippen molar-refractivity contribution in [1.82, 2.24) is 19.8 Å². The lowest BCUT2D eigenvalue weighted by Gasteiger charge is -2.41. The zero-order valence-corrected chi connectivity index (χ0v) is 19.2. The number of benzene rings is 1. The van der Waals surface area contributed by atoms with Crippen LogP contribution in [0.2, 0.25) is 0 Å². The smallest absolute Gasteiger partial charge is 0.272 e. The van der Waals surface area contributed by atoms with Gasteiger partial charge < -0.3 is 19.3 Å². The van der Waals surface area contributed by atoms with Crippen LogP contribution in [0.4, 0.5) is 0 Å². The third-order valence-corrected chi connectivity index (χ3v) is 6.77. The second-order valence-electron chi connectivity index (χ2n) is 8.91. The number of carbonyl (C=O) groups is 2. The maximum atomic E-state index is 13.3. The fraction of sp³-hybridized carbons (Fsp3) is 0.520. The van der Waals surface area contributed by atoms with Gasteiger partial charge in [0.05, 0.1) is 18.7 Å². The number of ether oxygens (including phenoxy) is 2. The summed E-state index contributed by atoms with van der Waals surface area (Å²) in [5.41, 5.74) is 1.02. The molecule has 2 amide bonds. The van der Waals surface area contributed by atoms with E-state index in [1.807, 2.05) is 29.2 Å². The van der Waals surface area contributed by atoms with Crippen LogP contribution in [-0.2, 0) is 4.74 Å². The lowest BCUT2D eigenvalue weighted by Crippen LogP contribution is -2.45. The van der Waals surface area contributed by atoms with Crippen LogP contribution in [0.25, 0.3) is 0 Å². The molecule has 0 atom stereocenters. The minimum atomic E-state index is -0.131. The Morgan fingerprint density at radius 3 is 2.67 bits per heavy atom.